The van der Waals surface area contributed by atoms with Crippen LogP contribution >= 0.6 is 11.8 Å². The summed E-state index contributed by atoms with van der Waals surface area (Å²) >= 11 is 1.63. The number of amides is 2. The Kier molecular flexibility index (Phi) is 6.60. The van der Waals surface area contributed by atoms with Crippen molar-refractivity contribution in [2.45, 2.75) is 18.9 Å². The van der Waals surface area contributed by atoms with Crippen molar-refractivity contribution in [3.05, 3.63) is 0 Å². The van der Waals surface area contributed by atoms with Gasteiger partial charge in [-0.3, -0.25) is 4.79 Å². The molecule has 2 N–H and O–H groups in total. The van der Waals surface area contributed by atoms with E-state index in [1.54, 1.807) is 11.8 Å². The second-order valence-electron chi connectivity index (χ2n) is 4.74. The Hall–Kier alpha value is -0.960. The third-order valence-corrected chi connectivity index (χ3v) is 4.99. The molecule has 0 aromatic heterocycles. The van der Waals surface area contributed by atoms with Gasteiger partial charge in [0, 0.05) is 30.9 Å². The van der Waals surface area contributed by atoms with E-state index in [0.717, 1.165) is 12.0 Å². The van der Waals surface area contributed by atoms with Crippen molar-refractivity contribution in [3.63, 3.8) is 0 Å². The molecule has 0 bridgehead atoms. The fourth-order valence-electron chi connectivity index (χ4n) is 1.92. The van der Waals surface area contributed by atoms with Gasteiger partial charge in [0.05, 0.1) is 18.2 Å². The van der Waals surface area contributed by atoms with Gasteiger partial charge < -0.3 is 15.3 Å². The second kappa shape index (κ2) is 7.72. The largest absolute Gasteiger partial charge is 0.481 e. The highest BCUT2D eigenvalue weighted by atomic mass is 32.2. The van der Waals surface area contributed by atoms with Gasteiger partial charge in [-0.2, -0.15) is 11.8 Å². The number of carbonyl (C=O) groups excluding carboxylic acids is 1. The number of rotatable bonds is 6. The molecular weight excluding hydrogens is 304 g/mol. The molecule has 0 spiro atoms. The molecule has 1 aliphatic rings. The zero-order valence-electron chi connectivity index (χ0n) is 11.4. The highest BCUT2D eigenvalue weighted by molar-refractivity contribution is 7.99. The van der Waals surface area contributed by atoms with E-state index in [2.05, 4.69) is 5.32 Å². The number of hydrogen-bond acceptors (Lipinski definition) is 5. The third kappa shape index (κ3) is 6.47. The highest BCUT2D eigenvalue weighted by Gasteiger charge is 2.28. The van der Waals surface area contributed by atoms with E-state index in [1.807, 2.05) is 0 Å². The number of carboxylic acids is 1. The van der Waals surface area contributed by atoms with Crippen LogP contribution in [0.5, 0.6) is 0 Å². The molecular formula is C11H20N2O5S2. The van der Waals surface area contributed by atoms with E-state index in [-0.39, 0.29) is 30.8 Å². The maximum absolute atomic E-state index is 12.0. The number of sulfone groups is 1. The van der Waals surface area contributed by atoms with Crippen molar-refractivity contribution in [1.82, 2.24) is 10.2 Å². The first-order chi connectivity index (χ1) is 9.29. The molecule has 1 heterocycles. The number of carbonyl (C=O) groups is 2. The molecule has 20 heavy (non-hydrogen) atoms. The lowest BCUT2D eigenvalue weighted by Crippen LogP contribution is -2.51. The molecule has 1 unspecified atom stereocenters. The van der Waals surface area contributed by atoms with Crippen LogP contribution in [0, 0.1) is 0 Å². The summed E-state index contributed by atoms with van der Waals surface area (Å²) in [6.45, 7) is 0.788. The molecule has 1 aliphatic heterocycles. The monoisotopic (exact) mass is 324 g/mol. The summed E-state index contributed by atoms with van der Waals surface area (Å²) in [5.74, 6) is 0.504. The van der Waals surface area contributed by atoms with Crippen LogP contribution in [0.2, 0.25) is 0 Å². The molecule has 1 rings (SSSR count). The molecule has 116 valence electrons. The SMILES string of the molecule is CS(=O)(=O)CCCNC(=O)N1CCSCC1CC(=O)O. The fraction of sp³-hybridized carbons (Fsp3) is 0.818. The summed E-state index contributed by atoms with van der Waals surface area (Å²) in [7, 11) is -3.02. The number of aliphatic carboxylic acids is 1. The smallest absolute Gasteiger partial charge is 0.317 e. The van der Waals surface area contributed by atoms with Crippen LogP contribution in [0.25, 0.3) is 0 Å². The van der Waals surface area contributed by atoms with Gasteiger partial charge in [-0.15, -0.1) is 0 Å². The Balaban J connectivity index is 2.41. The fourth-order valence-corrected chi connectivity index (χ4v) is 3.66. The second-order valence-corrected chi connectivity index (χ2v) is 8.14. The van der Waals surface area contributed by atoms with Crippen LogP contribution in [0.4, 0.5) is 4.79 Å². The standard InChI is InChI=1S/C11H20N2O5S2/c1-20(17,18)6-2-3-12-11(16)13-4-5-19-8-9(13)7-10(14)15/h9H,2-8H2,1H3,(H,12,16)(H,14,15). The van der Waals surface area contributed by atoms with Crippen molar-refractivity contribution in [1.29, 1.82) is 0 Å². The lowest BCUT2D eigenvalue weighted by atomic mass is 10.2. The minimum atomic E-state index is -3.02. The van der Waals surface area contributed by atoms with Crippen molar-refractivity contribution in [3.8, 4) is 0 Å². The third-order valence-electron chi connectivity index (χ3n) is 2.87. The van der Waals surface area contributed by atoms with E-state index >= 15 is 0 Å². The van der Waals surface area contributed by atoms with E-state index in [4.69, 9.17) is 5.11 Å². The van der Waals surface area contributed by atoms with E-state index in [0.29, 0.717) is 18.7 Å². The Labute approximate surface area is 123 Å². The van der Waals surface area contributed by atoms with Crippen LogP contribution in [0.3, 0.4) is 0 Å². The van der Waals surface area contributed by atoms with Gasteiger partial charge in [0.2, 0.25) is 0 Å². The molecule has 0 aliphatic carbocycles. The van der Waals surface area contributed by atoms with E-state index in [9.17, 15) is 18.0 Å². The van der Waals surface area contributed by atoms with E-state index in [1.165, 1.54) is 4.90 Å². The predicted octanol–water partition coefficient (Wildman–Crippen LogP) is 0.0228. The lowest BCUT2D eigenvalue weighted by Gasteiger charge is -2.34. The summed E-state index contributed by atoms with van der Waals surface area (Å²) in [6.07, 6.45) is 1.44. The van der Waals surface area contributed by atoms with Gasteiger partial charge in [0.15, 0.2) is 0 Å². The number of thioether (sulfide) groups is 1. The number of urea groups is 1. The summed E-state index contributed by atoms with van der Waals surface area (Å²) in [6, 6.07) is -0.619. The molecule has 2 amide bonds. The minimum absolute atomic E-state index is 0.0295. The van der Waals surface area contributed by atoms with Crippen LogP contribution in [-0.4, -0.2) is 73.1 Å². The average molecular weight is 324 g/mol. The normalized spacial score (nSPS) is 19.6. The summed E-state index contributed by atoms with van der Waals surface area (Å²) in [5.41, 5.74) is 0. The molecule has 0 saturated carbocycles. The number of nitrogens with one attached hydrogen (secondary N) is 1. The first-order valence-corrected chi connectivity index (χ1v) is 9.53. The molecule has 7 nitrogen and oxygen atoms in total. The van der Waals surface area contributed by atoms with Gasteiger partial charge in [-0.1, -0.05) is 0 Å². The Morgan fingerprint density at radius 2 is 2.15 bits per heavy atom. The van der Waals surface area contributed by atoms with Crippen LogP contribution in [0.1, 0.15) is 12.8 Å². The molecule has 0 aromatic carbocycles. The maximum Gasteiger partial charge on any atom is 0.317 e. The molecule has 1 fully saturated rings. The van der Waals surface area contributed by atoms with Crippen molar-refractivity contribution in [2.75, 3.05) is 36.6 Å². The summed E-state index contributed by atoms with van der Waals surface area (Å²) in [5, 5.41) is 11.5. The minimum Gasteiger partial charge on any atom is -0.481 e. The number of nitrogens with zero attached hydrogens (tertiary/aromatic N) is 1. The van der Waals surface area contributed by atoms with Crippen molar-refractivity contribution >= 4 is 33.6 Å². The first-order valence-electron chi connectivity index (χ1n) is 6.31. The van der Waals surface area contributed by atoms with Crippen LogP contribution in [-0.2, 0) is 14.6 Å². The highest BCUT2D eigenvalue weighted by Crippen LogP contribution is 2.19. The van der Waals surface area contributed by atoms with Crippen LogP contribution < -0.4 is 5.32 Å². The summed E-state index contributed by atoms with van der Waals surface area (Å²) in [4.78, 5) is 24.3. The average Bonchev–Trinajstić information content (AvgIpc) is 2.33. The zero-order chi connectivity index (χ0) is 15.2. The van der Waals surface area contributed by atoms with Gasteiger partial charge in [0.25, 0.3) is 0 Å². The molecule has 1 saturated heterocycles. The van der Waals surface area contributed by atoms with Gasteiger partial charge in [-0.05, 0) is 6.42 Å². The first kappa shape index (κ1) is 17.1. The maximum atomic E-state index is 12.0. The molecule has 0 aromatic rings. The Bertz CT molecular complexity index is 452. The summed E-state index contributed by atoms with van der Waals surface area (Å²) < 4.78 is 21.9. The van der Waals surface area contributed by atoms with Gasteiger partial charge in [-0.25, -0.2) is 13.2 Å². The zero-order valence-corrected chi connectivity index (χ0v) is 13.0. The topological polar surface area (TPSA) is 104 Å². The molecule has 0 radical (unpaired) electrons. The molecule has 9 heteroatoms. The Morgan fingerprint density at radius 3 is 2.75 bits per heavy atom. The Morgan fingerprint density at radius 1 is 1.45 bits per heavy atom. The lowest BCUT2D eigenvalue weighted by molar-refractivity contribution is -0.138. The van der Waals surface area contributed by atoms with Gasteiger partial charge >= 0.3 is 12.0 Å². The van der Waals surface area contributed by atoms with E-state index < -0.39 is 15.8 Å². The van der Waals surface area contributed by atoms with Gasteiger partial charge in [0.1, 0.15) is 9.84 Å². The van der Waals surface area contributed by atoms with Crippen molar-refractivity contribution < 1.29 is 23.1 Å². The molecule has 1 atom stereocenters. The number of hydrogen-bond donors (Lipinski definition) is 2. The predicted molar refractivity (Wildman–Crippen MR) is 77.8 cm³/mol. The quantitative estimate of drug-likeness (QED) is 0.668. The van der Waals surface area contributed by atoms with Crippen molar-refractivity contribution in [2.24, 2.45) is 0 Å². The van der Waals surface area contributed by atoms with Crippen LogP contribution in [0.15, 0.2) is 0 Å². The number of carboxylic acid groups (broad SMARTS) is 1.